The van der Waals surface area contributed by atoms with Crippen molar-refractivity contribution in [1.29, 1.82) is 0 Å². The van der Waals surface area contributed by atoms with Gasteiger partial charge in [-0.2, -0.15) is 0 Å². The molecular weight excluding hydrogens is 556 g/mol. The predicted octanol–water partition coefficient (Wildman–Crippen LogP) is 10.3. The molecule has 0 atom stereocenters. The first-order valence-corrected chi connectivity index (χ1v) is 36.4. The summed E-state index contributed by atoms with van der Waals surface area (Å²) in [7, 11) is -8.88. The zero-order valence-electron chi connectivity index (χ0n) is 29.2. The second kappa shape index (κ2) is 12.0. The highest BCUT2D eigenvalue weighted by Crippen LogP contribution is 2.58. The summed E-state index contributed by atoms with van der Waals surface area (Å²) in [5.74, 6) is 0. The molecule has 0 aliphatic rings. The summed E-state index contributed by atoms with van der Waals surface area (Å²) in [6.45, 7) is 49.0. The van der Waals surface area contributed by atoms with Crippen molar-refractivity contribution in [2.24, 2.45) is 0 Å². The molecule has 0 saturated carbocycles. The average molecular weight is 623 g/mol. The van der Waals surface area contributed by atoms with E-state index in [-0.39, 0.29) is 6.92 Å². The van der Waals surface area contributed by atoms with Crippen molar-refractivity contribution in [3.63, 3.8) is 0 Å². The number of benzene rings is 1. The van der Waals surface area contributed by atoms with Gasteiger partial charge in [0.2, 0.25) is 0 Å². The van der Waals surface area contributed by atoms with Gasteiger partial charge in [0.25, 0.3) is 0 Å². The maximum atomic E-state index is 7.28. The largest absolute Gasteiger partial charge is 0.431 e. The Morgan fingerprint density at radius 2 is 0.895 bits per heavy atom. The molecule has 1 aromatic carbocycles. The summed E-state index contributed by atoms with van der Waals surface area (Å²) < 4.78 is 8.27. The van der Waals surface area contributed by atoms with Crippen LogP contribution in [-0.2, 0) is 4.65 Å². The Balaban J connectivity index is 3.44. The van der Waals surface area contributed by atoms with Crippen LogP contribution in [0.4, 0.5) is 0 Å². The molecule has 1 aromatic rings. The van der Waals surface area contributed by atoms with Crippen molar-refractivity contribution in [2.75, 3.05) is 6.61 Å². The fraction of sp³-hybridized carbons (Fsp3) is 0.800. The van der Waals surface area contributed by atoms with Gasteiger partial charge in [0.1, 0.15) is 0 Å². The third-order valence-corrected chi connectivity index (χ3v) is 53.4. The highest BCUT2D eigenvalue weighted by Gasteiger charge is 2.66. The Kier molecular flexibility index (Phi) is 11.6. The average Bonchev–Trinajstić information content (AvgIpc) is 2.63. The summed E-state index contributed by atoms with van der Waals surface area (Å²) >= 11 is 0. The van der Waals surface area contributed by atoms with Crippen molar-refractivity contribution in [1.82, 2.24) is 0 Å². The molecule has 0 aliphatic carbocycles. The molecule has 0 aromatic heterocycles. The van der Waals surface area contributed by atoms with Crippen molar-refractivity contribution in [3.8, 4) is 0 Å². The van der Waals surface area contributed by atoms with E-state index in [1.165, 1.54) is 24.7 Å². The molecule has 0 heterocycles. The number of rotatable bonds is 14. The van der Waals surface area contributed by atoms with Crippen LogP contribution in [0.5, 0.6) is 0 Å². The summed E-state index contributed by atoms with van der Waals surface area (Å²) in [5.41, 5.74) is 1.43. The van der Waals surface area contributed by atoms with Crippen LogP contribution in [0.3, 0.4) is 0 Å². The van der Waals surface area contributed by atoms with Gasteiger partial charge in [-0.25, -0.2) is 0 Å². The zero-order chi connectivity index (χ0) is 30.2. The van der Waals surface area contributed by atoms with Gasteiger partial charge in [-0.05, 0) is 20.4 Å². The molecule has 0 amide bonds. The number of unbranched alkanes of at least 4 members (excludes halogenated alkanes) is 1. The van der Waals surface area contributed by atoms with Crippen LogP contribution in [-0.4, -0.2) is 62.0 Å². The standard InChI is InChI=1S/C30H67BOSi6/c1-33(2,3)29(34(4,5)6,35(7,8)9)26-22-23-27-32-31(28-24-20-19-21-25-28)30(36(10,11)12,37(13,14)15)38(16,17)18/h19-21,24-25H,22-23,26-27H2,1-18H3. The smallest absolute Gasteiger partial charge is 0.324 e. The predicted molar refractivity (Wildman–Crippen MR) is 197 cm³/mol. The van der Waals surface area contributed by atoms with E-state index in [9.17, 15) is 0 Å². The van der Waals surface area contributed by atoms with Gasteiger partial charge >= 0.3 is 6.92 Å². The van der Waals surface area contributed by atoms with E-state index in [0.717, 1.165) is 6.61 Å². The lowest BCUT2D eigenvalue weighted by molar-refractivity contribution is 0.310. The minimum absolute atomic E-state index is 0.226. The van der Waals surface area contributed by atoms with Gasteiger partial charge in [-0.3, -0.25) is 0 Å². The van der Waals surface area contributed by atoms with E-state index < -0.39 is 48.4 Å². The van der Waals surface area contributed by atoms with E-state index in [2.05, 4.69) is 148 Å². The summed E-state index contributed by atoms with van der Waals surface area (Å²) in [4.78, 5) is 0. The normalized spacial score (nSPS) is 15.1. The van der Waals surface area contributed by atoms with Crippen LogP contribution in [0.2, 0.25) is 126 Å². The van der Waals surface area contributed by atoms with Crippen LogP contribution >= 0.6 is 0 Å². The SMILES string of the molecule is C[Si](C)(C)C(CCCCOB(c1ccccc1)C([Si](C)(C)C)([Si](C)(C)C)[Si](C)(C)C)([Si](C)(C)C)[Si](C)(C)C. The Morgan fingerprint density at radius 1 is 0.526 bits per heavy atom. The summed E-state index contributed by atoms with van der Waals surface area (Å²) in [5, 5.41) is 0. The molecule has 0 radical (unpaired) electrons. The van der Waals surface area contributed by atoms with Crippen molar-refractivity contribution in [2.45, 2.75) is 146 Å². The Hall–Kier alpha value is 0.546. The molecule has 38 heavy (non-hydrogen) atoms. The van der Waals surface area contributed by atoms with Gasteiger partial charge in [-0.15, -0.1) is 0 Å². The molecule has 0 saturated heterocycles. The molecule has 220 valence electrons. The molecule has 1 nitrogen and oxygen atoms in total. The minimum atomic E-state index is -1.61. The second-order valence-corrected chi connectivity index (χ2v) is 53.3. The Bertz CT molecular complexity index is 805. The number of hydrogen-bond donors (Lipinski definition) is 0. The molecule has 0 spiro atoms. The van der Waals surface area contributed by atoms with Gasteiger partial charge in [0, 0.05) is 55.1 Å². The third-order valence-electron chi connectivity index (χ3n) is 10.1. The molecule has 8 heteroatoms. The summed E-state index contributed by atoms with van der Waals surface area (Å²) in [6, 6.07) is 11.4. The maximum Gasteiger partial charge on any atom is 0.324 e. The van der Waals surface area contributed by atoms with Crippen LogP contribution in [0.15, 0.2) is 30.3 Å². The summed E-state index contributed by atoms with van der Waals surface area (Å²) in [6.07, 6.45) is 3.94. The fourth-order valence-electron chi connectivity index (χ4n) is 10.8. The minimum Gasteiger partial charge on any atom is -0.431 e. The fourth-order valence-corrected chi connectivity index (χ4v) is 70.7. The first-order chi connectivity index (χ1) is 16.7. The topological polar surface area (TPSA) is 9.23 Å². The van der Waals surface area contributed by atoms with E-state index in [0.29, 0.717) is 8.47 Å². The lowest BCUT2D eigenvalue weighted by Gasteiger charge is -2.61. The van der Waals surface area contributed by atoms with Crippen LogP contribution in [0.25, 0.3) is 0 Å². The maximum absolute atomic E-state index is 7.28. The van der Waals surface area contributed by atoms with E-state index >= 15 is 0 Å². The third kappa shape index (κ3) is 6.94. The first-order valence-electron chi connectivity index (χ1n) is 15.4. The van der Waals surface area contributed by atoms with Crippen LogP contribution in [0, 0.1) is 0 Å². The highest BCUT2D eigenvalue weighted by atomic mass is 28.5. The van der Waals surface area contributed by atoms with Crippen molar-refractivity contribution < 1.29 is 4.65 Å². The first kappa shape index (κ1) is 36.6. The lowest BCUT2D eigenvalue weighted by Crippen LogP contribution is -2.75. The highest BCUT2D eigenvalue weighted by molar-refractivity contribution is 7.27. The molecule has 0 aliphatic heterocycles. The zero-order valence-corrected chi connectivity index (χ0v) is 35.2. The van der Waals surface area contributed by atoms with E-state index in [1.54, 1.807) is 0 Å². The van der Waals surface area contributed by atoms with Gasteiger partial charge in [0.05, 0.1) is 0 Å². The van der Waals surface area contributed by atoms with Crippen molar-refractivity contribution >= 4 is 60.8 Å². The number of hydrogen-bond acceptors (Lipinski definition) is 1. The Labute approximate surface area is 246 Å². The van der Waals surface area contributed by atoms with Gasteiger partial charge in [-0.1, -0.05) is 161 Å². The molecule has 1 rings (SSSR count). The van der Waals surface area contributed by atoms with Crippen LogP contribution < -0.4 is 5.46 Å². The molecule has 0 fully saturated rings. The molecule has 0 N–H and O–H groups in total. The van der Waals surface area contributed by atoms with Gasteiger partial charge < -0.3 is 4.65 Å². The van der Waals surface area contributed by atoms with E-state index in [4.69, 9.17) is 4.65 Å². The van der Waals surface area contributed by atoms with Gasteiger partial charge in [0.15, 0.2) is 0 Å². The molecule has 0 bridgehead atoms. The quantitative estimate of drug-likeness (QED) is 0.148. The second-order valence-electron chi connectivity index (χ2n) is 18.3. The van der Waals surface area contributed by atoms with Crippen LogP contribution in [0.1, 0.15) is 19.3 Å². The lowest BCUT2D eigenvalue weighted by atomic mass is 9.62. The monoisotopic (exact) mass is 622 g/mol. The van der Waals surface area contributed by atoms with Crippen molar-refractivity contribution in [3.05, 3.63) is 30.3 Å². The molecular formula is C30H67BOSi6. The molecule has 0 unspecified atom stereocenters. The van der Waals surface area contributed by atoms with E-state index in [1.807, 2.05) is 0 Å². The Morgan fingerprint density at radius 3 is 1.21 bits per heavy atom.